The maximum absolute atomic E-state index is 11.1. The average molecular weight is 247 g/mol. The zero-order valence-electron chi connectivity index (χ0n) is 11.6. The number of nitrogens with zero attached hydrogens (tertiary/aromatic N) is 1. The number of rotatable bonds is 4. The van der Waals surface area contributed by atoms with Gasteiger partial charge in [-0.1, -0.05) is 45.0 Å². The molecule has 3 heteroatoms. The standard InChI is InChI=1S/C15H21NO2/c1-15(2,3)13-7-5-12(6-8-13)9-10-16(4)14(18)11-17/h5-8,11H,9-10H2,1-4H3. The first kappa shape index (κ1) is 14.4. The van der Waals surface area contributed by atoms with E-state index in [1.54, 1.807) is 7.05 Å². The van der Waals surface area contributed by atoms with Gasteiger partial charge in [0.2, 0.25) is 6.29 Å². The van der Waals surface area contributed by atoms with Crippen molar-refractivity contribution in [3.63, 3.8) is 0 Å². The topological polar surface area (TPSA) is 37.4 Å². The number of aldehydes is 1. The van der Waals surface area contributed by atoms with Crippen molar-refractivity contribution in [1.29, 1.82) is 0 Å². The Morgan fingerprint density at radius 2 is 1.78 bits per heavy atom. The van der Waals surface area contributed by atoms with Crippen LogP contribution in [0.3, 0.4) is 0 Å². The van der Waals surface area contributed by atoms with Gasteiger partial charge in [0, 0.05) is 13.6 Å². The van der Waals surface area contributed by atoms with Crippen molar-refractivity contribution in [3.8, 4) is 0 Å². The van der Waals surface area contributed by atoms with E-state index in [0.717, 1.165) is 6.42 Å². The summed E-state index contributed by atoms with van der Waals surface area (Å²) in [6.07, 6.45) is 1.11. The Kier molecular flexibility index (Phi) is 4.65. The lowest BCUT2D eigenvalue weighted by atomic mass is 9.86. The van der Waals surface area contributed by atoms with Crippen LogP contribution in [0.4, 0.5) is 0 Å². The molecule has 18 heavy (non-hydrogen) atoms. The minimum atomic E-state index is -0.471. The van der Waals surface area contributed by atoms with Gasteiger partial charge < -0.3 is 4.90 Å². The van der Waals surface area contributed by atoms with Crippen molar-refractivity contribution in [2.45, 2.75) is 32.6 Å². The lowest BCUT2D eigenvalue weighted by Crippen LogP contribution is -2.29. The highest BCUT2D eigenvalue weighted by atomic mass is 16.2. The fourth-order valence-electron chi connectivity index (χ4n) is 1.67. The number of hydrogen-bond donors (Lipinski definition) is 0. The number of hydrogen-bond acceptors (Lipinski definition) is 2. The van der Waals surface area contributed by atoms with Crippen molar-refractivity contribution in [3.05, 3.63) is 35.4 Å². The molecule has 0 unspecified atom stereocenters. The minimum absolute atomic E-state index is 0.156. The highest BCUT2D eigenvalue weighted by molar-refractivity contribution is 6.23. The van der Waals surface area contributed by atoms with Crippen LogP contribution in [-0.4, -0.2) is 30.7 Å². The molecule has 1 aromatic rings. The van der Waals surface area contributed by atoms with Crippen LogP contribution in [0.25, 0.3) is 0 Å². The van der Waals surface area contributed by atoms with Crippen LogP contribution in [0.1, 0.15) is 31.9 Å². The smallest absolute Gasteiger partial charge is 0.286 e. The molecule has 1 rings (SSSR count). The molecular formula is C15H21NO2. The normalized spacial score (nSPS) is 11.1. The number of benzene rings is 1. The predicted octanol–water partition coefficient (Wildman–Crippen LogP) is 2.18. The van der Waals surface area contributed by atoms with E-state index in [9.17, 15) is 9.59 Å². The van der Waals surface area contributed by atoms with Crippen molar-refractivity contribution in [2.24, 2.45) is 0 Å². The van der Waals surface area contributed by atoms with Crippen molar-refractivity contribution in [1.82, 2.24) is 4.90 Å². The van der Waals surface area contributed by atoms with E-state index in [0.29, 0.717) is 12.8 Å². The van der Waals surface area contributed by atoms with E-state index in [-0.39, 0.29) is 5.41 Å². The molecule has 3 nitrogen and oxygen atoms in total. The van der Waals surface area contributed by atoms with E-state index in [4.69, 9.17) is 0 Å². The van der Waals surface area contributed by atoms with Gasteiger partial charge in [0.1, 0.15) is 0 Å². The maximum Gasteiger partial charge on any atom is 0.286 e. The molecule has 1 amide bonds. The Morgan fingerprint density at radius 3 is 2.22 bits per heavy atom. The van der Waals surface area contributed by atoms with Crippen LogP contribution in [0.2, 0.25) is 0 Å². The molecule has 0 saturated heterocycles. The molecule has 0 saturated carbocycles. The fraction of sp³-hybridized carbons (Fsp3) is 0.467. The summed E-state index contributed by atoms with van der Waals surface area (Å²) in [6, 6.07) is 8.41. The van der Waals surface area contributed by atoms with Crippen molar-refractivity contribution in [2.75, 3.05) is 13.6 Å². The molecular weight excluding hydrogens is 226 g/mol. The van der Waals surface area contributed by atoms with Crippen LogP contribution in [-0.2, 0) is 21.4 Å². The molecule has 0 radical (unpaired) electrons. The van der Waals surface area contributed by atoms with Crippen LogP contribution in [0, 0.1) is 0 Å². The van der Waals surface area contributed by atoms with Crippen molar-refractivity contribution < 1.29 is 9.59 Å². The third kappa shape index (κ3) is 3.99. The Morgan fingerprint density at radius 1 is 1.22 bits per heavy atom. The summed E-state index contributed by atoms with van der Waals surface area (Å²) in [6.45, 7) is 7.10. The summed E-state index contributed by atoms with van der Waals surface area (Å²) in [5.74, 6) is -0.471. The van der Waals surface area contributed by atoms with Gasteiger partial charge >= 0.3 is 0 Å². The summed E-state index contributed by atoms with van der Waals surface area (Å²) in [7, 11) is 1.64. The second-order valence-electron chi connectivity index (χ2n) is 5.57. The molecule has 0 spiro atoms. The summed E-state index contributed by atoms with van der Waals surface area (Å²) in [4.78, 5) is 22.8. The molecule has 0 aliphatic carbocycles. The van der Waals surface area contributed by atoms with E-state index in [1.165, 1.54) is 16.0 Å². The average Bonchev–Trinajstić information content (AvgIpc) is 2.34. The summed E-state index contributed by atoms with van der Waals surface area (Å²) in [5, 5.41) is 0. The SMILES string of the molecule is CN(CCc1ccc(C(C)(C)C)cc1)C(=O)C=O. The first-order chi connectivity index (χ1) is 8.34. The second-order valence-corrected chi connectivity index (χ2v) is 5.57. The Hall–Kier alpha value is -1.64. The van der Waals surface area contributed by atoms with Crippen LogP contribution >= 0.6 is 0 Å². The fourth-order valence-corrected chi connectivity index (χ4v) is 1.67. The van der Waals surface area contributed by atoms with E-state index in [1.807, 2.05) is 0 Å². The number of carbonyl (C=O) groups is 2. The molecule has 0 aliphatic heterocycles. The zero-order chi connectivity index (χ0) is 13.8. The summed E-state index contributed by atoms with van der Waals surface area (Å²) >= 11 is 0. The summed E-state index contributed by atoms with van der Waals surface area (Å²) < 4.78 is 0. The van der Waals surface area contributed by atoms with Crippen molar-refractivity contribution >= 4 is 12.2 Å². The Labute approximate surface area is 109 Å². The maximum atomic E-state index is 11.1. The van der Waals surface area contributed by atoms with Gasteiger partial charge in [0.15, 0.2) is 0 Å². The molecule has 0 bridgehead atoms. The zero-order valence-corrected chi connectivity index (χ0v) is 11.6. The molecule has 0 N–H and O–H groups in total. The number of amides is 1. The van der Waals surface area contributed by atoms with Gasteiger partial charge in [0.05, 0.1) is 0 Å². The number of likely N-dealkylation sites (N-methyl/N-ethyl adjacent to an activating group) is 1. The predicted molar refractivity (Wildman–Crippen MR) is 72.5 cm³/mol. The van der Waals surface area contributed by atoms with E-state index < -0.39 is 5.91 Å². The van der Waals surface area contributed by atoms with Gasteiger partial charge in [-0.3, -0.25) is 9.59 Å². The second kappa shape index (κ2) is 5.80. The summed E-state index contributed by atoms with van der Waals surface area (Å²) in [5.41, 5.74) is 2.63. The molecule has 1 aromatic carbocycles. The van der Waals surface area contributed by atoms with E-state index >= 15 is 0 Å². The lowest BCUT2D eigenvalue weighted by molar-refractivity contribution is -0.137. The molecule has 0 heterocycles. The minimum Gasteiger partial charge on any atom is -0.339 e. The third-order valence-electron chi connectivity index (χ3n) is 3.03. The molecule has 0 aromatic heterocycles. The first-order valence-corrected chi connectivity index (χ1v) is 6.14. The quantitative estimate of drug-likeness (QED) is 0.604. The monoisotopic (exact) mass is 247 g/mol. The van der Waals surface area contributed by atoms with Crippen LogP contribution in [0.15, 0.2) is 24.3 Å². The molecule has 98 valence electrons. The van der Waals surface area contributed by atoms with Crippen LogP contribution in [0.5, 0.6) is 0 Å². The lowest BCUT2D eigenvalue weighted by Gasteiger charge is -2.19. The molecule has 0 aliphatic rings. The Bertz CT molecular complexity index is 415. The highest BCUT2D eigenvalue weighted by Gasteiger charge is 2.13. The van der Waals surface area contributed by atoms with E-state index in [2.05, 4.69) is 45.0 Å². The third-order valence-corrected chi connectivity index (χ3v) is 3.03. The largest absolute Gasteiger partial charge is 0.339 e. The molecule has 0 atom stereocenters. The highest BCUT2D eigenvalue weighted by Crippen LogP contribution is 2.22. The van der Waals surface area contributed by atoms with Gasteiger partial charge in [-0.2, -0.15) is 0 Å². The number of carbonyl (C=O) groups excluding carboxylic acids is 2. The van der Waals surface area contributed by atoms with Gasteiger partial charge in [-0.15, -0.1) is 0 Å². The van der Waals surface area contributed by atoms with Gasteiger partial charge in [-0.25, -0.2) is 0 Å². The Balaban J connectivity index is 2.60. The van der Waals surface area contributed by atoms with Gasteiger partial charge in [0.25, 0.3) is 5.91 Å². The first-order valence-electron chi connectivity index (χ1n) is 6.14. The van der Waals surface area contributed by atoms with Gasteiger partial charge in [-0.05, 0) is 23.0 Å². The van der Waals surface area contributed by atoms with Crippen LogP contribution < -0.4 is 0 Å². The molecule has 0 fully saturated rings.